The minimum absolute atomic E-state index is 0.0807. The third-order valence-corrected chi connectivity index (χ3v) is 5.24. The first-order valence-electron chi connectivity index (χ1n) is 8.22. The molecule has 0 bridgehead atoms. The Labute approximate surface area is 152 Å². The lowest BCUT2D eigenvalue weighted by atomic mass is 10.2. The van der Waals surface area contributed by atoms with Gasteiger partial charge in [-0.25, -0.2) is 0 Å². The van der Waals surface area contributed by atoms with Crippen molar-refractivity contribution >= 4 is 29.0 Å². The Bertz CT molecular complexity index is 749. The van der Waals surface area contributed by atoms with Gasteiger partial charge in [-0.05, 0) is 49.4 Å². The van der Waals surface area contributed by atoms with E-state index in [1.54, 1.807) is 18.9 Å². The summed E-state index contributed by atoms with van der Waals surface area (Å²) in [5.74, 6) is 1.58. The van der Waals surface area contributed by atoms with Gasteiger partial charge in [0, 0.05) is 24.1 Å². The predicted octanol–water partition coefficient (Wildman–Crippen LogP) is 3.99. The van der Waals surface area contributed by atoms with Crippen LogP contribution in [0.2, 0.25) is 0 Å². The van der Waals surface area contributed by atoms with E-state index in [0.717, 1.165) is 23.7 Å². The molecule has 1 atom stereocenters. The van der Waals surface area contributed by atoms with Crippen LogP contribution < -0.4 is 19.7 Å². The van der Waals surface area contributed by atoms with Crippen molar-refractivity contribution in [1.29, 1.82) is 0 Å². The largest absolute Gasteiger partial charge is 0.497 e. The molecule has 0 aliphatic carbocycles. The number of carbonyl (C=O) groups is 1. The van der Waals surface area contributed by atoms with Crippen LogP contribution in [0.15, 0.2) is 47.4 Å². The number of likely N-dealkylation sites (N-methyl/N-ethyl adjacent to an activating group) is 1. The normalized spacial score (nSPS) is 15.6. The fourth-order valence-electron chi connectivity index (χ4n) is 2.82. The third kappa shape index (κ3) is 4.02. The zero-order valence-corrected chi connectivity index (χ0v) is 15.4. The Kier molecular flexibility index (Phi) is 5.38. The number of nitrogens with one attached hydrogen (secondary N) is 1. The third-order valence-electron chi connectivity index (χ3n) is 3.99. The number of thioether (sulfide) groups is 1. The fourth-order valence-corrected chi connectivity index (χ4v) is 4.13. The molecule has 1 aliphatic rings. The lowest BCUT2D eigenvalue weighted by Crippen LogP contribution is -2.33. The van der Waals surface area contributed by atoms with Crippen LogP contribution in [0.3, 0.4) is 0 Å². The second-order valence-corrected chi connectivity index (χ2v) is 6.93. The molecule has 2 aromatic carbocycles. The van der Waals surface area contributed by atoms with E-state index in [0.29, 0.717) is 6.61 Å². The van der Waals surface area contributed by atoms with Crippen LogP contribution >= 0.6 is 11.8 Å². The molecule has 0 radical (unpaired) electrons. The fraction of sp³-hybridized carbons (Fsp3) is 0.316. The summed E-state index contributed by atoms with van der Waals surface area (Å²) >= 11 is 1.79. The van der Waals surface area contributed by atoms with Crippen LogP contribution in [0, 0.1) is 0 Å². The number of ether oxygens (including phenoxy) is 2. The number of nitrogens with zero attached hydrogens (tertiary/aromatic N) is 1. The van der Waals surface area contributed by atoms with E-state index in [1.807, 2.05) is 30.3 Å². The monoisotopic (exact) mass is 358 g/mol. The minimum atomic E-state index is -0.0807. The molecule has 1 unspecified atom stereocenters. The van der Waals surface area contributed by atoms with Gasteiger partial charge >= 0.3 is 0 Å². The maximum atomic E-state index is 11.1. The average molecular weight is 358 g/mol. The zero-order chi connectivity index (χ0) is 17.8. The van der Waals surface area contributed by atoms with Gasteiger partial charge in [-0.3, -0.25) is 4.79 Å². The molecule has 0 spiro atoms. The highest BCUT2D eigenvalue weighted by molar-refractivity contribution is 8.00. The molecule has 1 aliphatic heterocycles. The first kappa shape index (κ1) is 17.5. The molecule has 1 amide bonds. The summed E-state index contributed by atoms with van der Waals surface area (Å²) in [6, 6.07) is 13.6. The van der Waals surface area contributed by atoms with Gasteiger partial charge in [-0.15, -0.1) is 0 Å². The van der Waals surface area contributed by atoms with Gasteiger partial charge in [-0.1, -0.05) is 11.8 Å². The van der Waals surface area contributed by atoms with Gasteiger partial charge in [0.05, 0.1) is 12.8 Å². The second-order valence-electron chi connectivity index (χ2n) is 5.71. The highest BCUT2D eigenvalue weighted by Gasteiger charge is 2.29. The van der Waals surface area contributed by atoms with Crippen molar-refractivity contribution in [1.82, 2.24) is 0 Å². The summed E-state index contributed by atoms with van der Waals surface area (Å²) in [6.45, 7) is 5.14. The van der Waals surface area contributed by atoms with Crippen molar-refractivity contribution < 1.29 is 14.3 Å². The Morgan fingerprint density at radius 2 is 1.92 bits per heavy atom. The van der Waals surface area contributed by atoms with Crippen molar-refractivity contribution in [3.05, 3.63) is 42.5 Å². The first-order valence-corrected chi connectivity index (χ1v) is 9.10. The lowest BCUT2D eigenvalue weighted by molar-refractivity contribution is -0.114. The van der Waals surface area contributed by atoms with E-state index in [2.05, 4.69) is 29.3 Å². The molecule has 25 heavy (non-hydrogen) atoms. The standard InChI is InChI=1S/C19H22N2O3S/c1-4-21-17-10-9-16(23-3)11-18(17)25-19(21)12-24-15-7-5-14(6-8-15)20-13(2)22/h5-11,19H,4,12H2,1-3H3,(H,20,22). The summed E-state index contributed by atoms with van der Waals surface area (Å²) in [6.07, 6.45) is 0. The second kappa shape index (κ2) is 7.70. The van der Waals surface area contributed by atoms with Gasteiger partial charge in [0.2, 0.25) is 5.91 Å². The maximum Gasteiger partial charge on any atom is 0.221 e. The summed E-state index contributed by atoms with van der Waals surface area (Å²) < 4.78 is 11.3. The highest BCUT2D eigenvalue weighted by atomic mass is 32.2. The Balaban J connectivity index is 1.64. The van der Waals surface area contributed by atoms with Crippen molar-refractivity contribution in [2.24, 2.45) is 0 Å². The van der Waals surface area contributed by atoms with E-state index in [9.17, 15) is 4.79 Å². The molecule has 0 fully saturated rings. The lowest BCUT2D eigenvalue weighted by Gasteiger charge is -2.25. The number of anilines is 2. The molecule has 132 valence electrons. The molecule has 3 rings (SSSR count). The van der Waals surface area contributed by atoms with Crippen LogP contribution in [0.25, 0.3) is 0 Å². The van der Waals surface area contributed by atoms with Crippen molar-refractivity contribution in [3.8, 4) is 11.5 Å². The molecule has 0 saturated carbocycles. The average Bonchev–Trinajstić information content (AvgIpc) is 2.97. The molecule has 5 nitrogen and oxygen atoms in total. The molecule has 0 aromatic heterocycles. The van der Waals surface area contributed by atoms with Crippen LogP contribution in [-0.2, 0) is 4.79 Å². The minimum Gasteiger partial charge on any atom is -0.497 e. The number of fused-ring (bicyclic) bond motifs is 1. The van der Waals surface area contributed by atoms with Crippen LogP contribution in [0.4, 0.5) is 11.4 Å². The Morgan fingerprint density at radius 1 is 1.20 bits per heavy atom. The molecule has 0 saturated heterocycles. The zero-order valence-electron chi connectivity index (χ0n) is 14.6. The number of amides is 1. The number of carbonyl (C=O) groups excluding carboxylic acids is 1. The van der Waals surface area contributed by atoms with E-state index in [4.69, 9.17) is 9.47 Å². The maximum absolute atomic E-state index is 11.1. The number of hydrogen-bond donors (Lipinski definition) is 1. The summed E-state index contributed by atoms with van der Waals surface area (Å²) in [5.41, 5.74) is 1.99. The first-order chi connectivity index (χ1) is 12.1. The molecular weight excluding hydrogens is 336 g/mol. The van der Waals surface area contributed by atoms with Crippen LogP contribution in [0.1, 0.15) is 13.8 Å². The van der Waals surface area contributed by atoms with Gasteiger partial charge < -0.3 is 19.7 Å². The molecular formula is C19H22N2O3S. The molecule has 1 heterocycles. The van der Waals surface area contributed by atoms with E-state index in [-0.39, 0.29) is 11.3 Å². The van der Waals surface area contributed by atoms with Crippen molar-refractivity contribution in [3.63, 3.8) is 0 Å². The number of rotatable bonds is 6. The van der Waals surface area contributed by atoms with Crippen molar-refractivity contribution in [2.75, 3.05) is 30.5 Å². The van der Waals surface area contributed by atoms with Crippen LogP contribution in [0.5, 0.6) is 11.5 Å². The SMILES string of the molecule is CCN1c2ccc(OC)cc2SC1COc1ccc(NC(C)=O)cc1. The van der Waals surface area contributed by atoms with Gasteiger partial charge in [0.25, 0.3) is 0 Å². The topological polar surface area (TPSA) is 50.8 Å². The molecule has 2 aromatic rings. The quantitative estimate of drug-likeness (QED) is 0.846. The smallest absolute Gasteiger partial charge is 0.221 e. The van der Waals surface area contributed by atoms with E-state index < -0.39 is 0 Å². The van der Waals surface area contributed by atoms with Gasteiger partial charge in [-0.2, -0.15) is 0 Å². The number of benzene rings is 2. The summed E-state index contributed by atoms with van der Waals surface area (Å²) in [5, 5.41) is 2.97. The molecule has 1 N–H and O–H groups in total. The number of methoxy groups -OCH3 is 1. The molecule has 6 heteroatoms. The summed E-state index contributed by atoms with van der Waals surface area (Å²) in [4.78, 5) is 14.6. The van der Waals surface area contributed by atoms with Crippen molar-refractivity contribution in [2.45, 2.75) is 24.1 Å². The predicted molar refractivity (Wildman–Crippen MR) is 102 cm³/mol. The van der Waals surface area contributed by atoms with E-state index >= 15 is 0 Å². The van der Waals surface area contributed by atoms with Gasteiger partial charge in [0.15, 0.2) is 0 Å². The Morgan fingerprint density at radius 3 is 2.56 bits per heavy atom. The highest BCUT2D eigenvalue weighted by Crippen LogP contribution is 2.44. The van der Waals surface area contributed by atoms with Gasteiger partial charge in [0.1, 0.15) is 23.5 Å². The number of hydrogen-bond acceptors (Lipinski definition) is 5. The Hall–Kier alpha value is -2.34. The van der Waals surface area contributed by atoms with E-state index in [1.165, 1.54) is 17.5 Å². The summed E-state index contributed by atoms with van der Waals surface area (Å²) in [7, 11) is 1.68. The van der Waals surface area contributed by atoms with Crippen LogP contribution in [-0.4, -0.2) is 31.5 Å².